The molecule has 2 aliphatic heterocycles. The number of hydrogen-bond donors (Lipinski definition) is 0. The highest BCUT2D eigenvalue weighted by atomic mass is 16.7. The Balaban J connectivity index is 1.49. The minimum absolute atomic E-state index is 0.0677. The molecule has 0 saturated carbocycles. The Kier molecular flexibility index (Phi) is 6.53. The summed E-state index contributed by atoms with van der Waals surface area (Å²) in [5, 5.41) is 0. The quantitative estimate of drug-likeness (QED) is 0.397. The molecule has 4 atom stereocenters. The second-order valence-electron chi connectivity index (χ2n) is 9.64. The zero-order chi connectivity index (χ0) is 28.0. The topological polar surface area (TPSA) is 108 Å². The SMILES string of the molecule is COc1ccc(C(=O)O[C@H]2c3cc4c(cc3[C@@H](c3cc(OC)c(OC)c(OC)c3)[C@H]3C(=O)OC[C@@H]32)OCO4)cc1. The van der Waals surface area contributed by atoms with E-state index in [1.807, 2.05) is 24.3 Å². The summed E-state index contributed by atoms with van der Waals surface area (Å²) in [6, 6.07) is 14.0. The molecule has 3 aromatic rings. The molecule has 0 bridgehead atoms. The Morgan fingerprint density at radius 3 is 2.05 bits per heavy atom. The number of carbonyl (C=O) groups excluding carboxylic acids is 2. The molecule has 1 fully saturated rings. The maximum Gasteiger partial charge on any atom is 0.338 e. The van der Waals surface area contributed by atoms with Crippen molar-refractivity contribution in [2.75, 3.05) is 41.8 Å². The number of hydrogen-bond acceptors (Lipinski definition) is 10. The molecule has 0 N–H and O–H groups in total. The monoisotopic (exact) mass is 548 g/mol. The third-order valence-electron chi connectivity index (χ3n) is 7.73. The fraction of sp³-hybridized carbons (Fsp3) is 0.333. The molecule has 0 aromatic heterocycles. The summed E-state index contributed by atoms with van der Waals surface area (Å²) in [5.74, 6) is 0.564. The normalized spacial score (nSPS) is 22.1. The lowest BCUT2D eigenvalue weighted by Crippen LogP contribution is -2.36. The third kappa shape index (κ3) is 4.11. The van der Waals surface area contributed by atoms with Crippen LogP contribution in [0.3, 0.4) is 0 Å². The van der Waals surface area contributed by atoms with E-state index in [-0.39, 0.29) is 19.4 Å². The van der Waals surface area contributed by atoms with Crippen LogP contribution in [0.15, 0.2) is 48.5 Å². The molecule has 208 valence electrons. The minimum Gasteiger partial charge on any atom is -0.497 e. The Hall–Kier alpha value is -4.60. The van der Waals surface area contributed by atoms with Gasteiger partial charge in [0.05, 0.1) is 46.5 Å². The first-order valence-corrected chi connectivity index (χ1v) is 12.7. The predicted molar refractivity (Wildman–Crippen MR) is 140 cm³/mol. The van der Waals surface area contributed by atoms with Gasteiger partial charge in [-0.15, -0.1) is 0 Å². The van der Waals surface area contributed by atoms with Crippen LogP contribution >= 0.6 is 0 Å². The average molecular weight is 549 g/mol. The summed E-state index contributed by atoms with van der Waals surface area (Å²) < 4.78 is 45.0. The third-order valence-corrected chi connectivity index (χ3v) is 7.73. The molecular weight excluding hydrogens is 520 g/mol. The summed E-state index contributed by atoms with van der Waals surface area (Å²) in [6.45, 7) is 0.164. The smallest absolute Gasteiger partial charge is 0.338 e. The summed E-state index contributed by atoms with van der Waals surface area (Å²) in [6.07, 6.45) is -0.770. The van der Waals surface area contributed by atoms with Gasteiger partial charge >= 0.3 is 11.9 Å². The molecule has 3 aromatic carbocycles. The molecule has 1 aliphatic carbocycles. The Labute approximate surface area is 230 Å². The van der Waals surface area contributed by atoms with Crippen LogP contribution in [0.4, 0.5) is 0 Å². The zero-order valence-electron chi connectivity index (χ0n) is 22.4. The van der Waals surface area contributed by atoms with Crippen molar-refractivity contribution in [2.45, 2.75) is 12.0 Å². The number of fused-ring (bicyclic) bond motifs is 3. The van der Waals surface area contributed by atoms with Crippen LogP contribution in [0.1, 0.15) is 39.1 Å². The molecule has 10 heteroatoms. The fourth-order valence-electron chi connectivity index (χ4n) is 5.85. The van der Waals surface area contributed by atoms with Crippen LogP contribution in [-0.4, -0.2) is 53.8 Å². The van der Waals surface area contributed by atoms with E-state index in [9.17, 15) is 9.59 Å². The lowest BCUT2D eigenvalue weighted by molar-refractivity contribution is -0.141. The summed E-state index contributed by atoms with van der Waals surface area (Å²) in [7, 11) is 6.16. The van der Waals surface area contributed by atoms with Gasteiger partial charge in [-0.2, -0.15) is 0 Å². The van der Waals surface area contributed by atoms with Gasteiger partial charge in [0.25, 0.3) is 0 Å². The predicted octanol–water partition coefficient (Wildman–Crippen LogP) is 4.28. The number of ether oxygens (including phenoxy) is 8. The molecule has 0 unspecified atom stereocenters. The van der Waals surface area contributed by atoms with Crippen molar-refractivity contribution in [2.24, 2.45) is 11.8 Å². The molecule has 40 heavy (non-hydrogen) atoms. The molecule has 0 amide bonds. The van der Waals surface area contributed by atoms with Crippen molar-refractivity contribution in [3.63, 3.8) is 0 Å². The van der Waals surface area contributed by atoms with Gasteiger partial charge in [-0.3, -0.25) is 4.79 Å². The fourth-order valence-corrected chi connectivity index (χ4v) is 5.85. The Morgan fingerprint density at radius 1 is 0.800 bits per heavy atom. The highest BCUT2D eigenvalue weighted by Gasteiger charge is 2.54. The molecular formula is C30H28O10. The average Bonchev–Trinajstić information content (AvgIpc) is 3.61. The van der Waals surface area contributed by atoms with Crippen molar-refractivity contribution in [3.05, 3.63) is 70.8 Å². The molecule has 10 nitrogen and oxygen atoms in total. The summed E-state index contributed by atoms with van der Waals surface area (Å²) in [5.41, 5.74) is 2.58. The van der Waals surface area contributed by atoms with Crippen LogP contribution in [0, 0.1) is 11.8 Å². The van der Waals surface area contributed by atoms with Gasteiger partial charge < -0.3 is 37.9 Å². The zero-order valence-corrected chi connectivity index (χ0v) is 22.4. The van der Waals surface area contributed by atoms with Crippen molar-refractivity contribution in [1.29, 1.82) is 0 Å². The van der Waals surface area contributed by atoms with Crippen molar-refractivity contribution in [3.8, 4) is 34.5 Å². The number of carbonyl (C=O) groups is 2. The standard InChI is InChI=1S/C30H28O10/c1-33-17-7-5-15(6-8-17)29(31)40-27-19-12-22-21(38-14-39-22)11-18(19)25(26-20(27)13-37-30(26)32)16-9-23(34-2)28(36-4)24(10-16)35-3/h5-12,20,25-27H,13-14H2,1-4H3/t20-,25+,26-,27-/m0/s1. The number of rotatable bonds is 7. The lowest BCUT2D eigenvalue weighted by atomic mass is 9.66. The Bertz CT molecular complexity index is 1440. The molecule has 0 radical (unpaired) electrons. The first-order valence-electron chi connectivity index (χ1n) is 12.7. The lowest BCUT2D eigenvalue weighted by Gasteiger charge is -2.38. The van der Waals surface area contributed by atoms with Gasteiger partial charge in [-0.1, -0.05) is 0 Å². The van der Waals surface area contributed by atoms with E-state index in [0.29, 0.717) is 45.6 Å². The van der Waals surface area contributed by atoms with Gasteiger partial charge in [-0.25, -0.2) is 4.79 Å². The number of methoxy groups -OCH3 is 4. The second-order valence-corrected chi connectivity index (χ2v) is 9.64. The molecule has 3 aliphatic rings. The van der Waals surface area contributed by atoms with Crippen molar-refractivity contribution in [1.82, 2.24) is 0 Å². The van der Waals surface area contributed by atoms with Crippen LogP contribution in [0.25, 0.3) is 0 Å². The van der Waals surface area contributed by atoms with Crippen LogP contribution in [-0.2, 0) is 14.3 Å². The van der Waals surface area contributed by atoms with E-state index < -0.39 is 29.8 Å². The van der Waals surface area contributed by atoms with Gasteiger partial charge in [-0.05, 0) is 59.7 Å². The summed E-state index contributed by atoms with van der Waals surface area (Å²) in [4.78, 5) is 26.6. The highest BCUT2D eigenvalue weighted by Crippen LogP contribution is 2.56. The van der Waals surface area contributed by atoms with E-state index in [1.165, 1.54) is 21.3 Å². The van der Waals surface area contributed by atoms with Crippen LogP contribution < -0.4 is 28.4 Å². The largest absolute Gasteiger partial charge is 0.497 e. The van der Waals surface area contributed by atoms with Gasteiger partial charge in [0.15, 0.2) is 23.0 Å². The van der Waals surface area contributed by atoms with Gasteiger partial charge in [0.1, 0.15) is 11.9 Å². The van der Waals surface area contributed by atoms with Crippen molar-refractivity contribution >= 4 is 11.9 Å². The molecule has 6 rings (SSSR count). The number of benzene rings is 3. The highest BCUT2D eigenvalue weighted by molar-refractivity contribution is 5.90. The van der Waals surface area contributed by atoms with Crippen LogP contribution in [0.5, 0.6) is 34.5 Å². The van der Waals surface area contributed by atoms with E-state index >= 15 is 0 Å². The number of cyclic esters (lactones) is 1. The first-order chi connectivity index (χ1) is 19.5. The number of esters is 2. The van der Waals surface area contributed by atoms with Gasteiger partial charge in [0.2, 0.25) is 12.5 Å². The van der Waals surface area contributed by atoms with E-state index in [2.05, 4.69) is 0 Å². The second kappa shape index (κ2) is 10.2. The van der Waals surface area contributed by atoms with E-state index in [4.69, 9.17) is 37.9 Å². The maximum absolute atomic E-state index is 13.3. The van der Waals surface area contributed by atoms with Gasteiger partial charge in [0, 0.05) is 17.4 Å². The summed E-state index contributed by atoms with van der Waals surface area (Å²) >= 11 is 0. The minimum atomic E-state index is -0.770. The van der Waals surface area contributed by atoms with E-state index in [0.717, 1.165) is 11.1 Å². The van der Waals surface area contributed by atoms with Crippen LogP contribution in [0.2, 0.25) is 0 Å². The molecule has 2 heterocycles. The first kappa shape index (κ1) is 25.7. The maximum atomic E-state index is 13.3. The van der Waals surface area contributed by atoms with E-state index in [1.54, 1.807) is 31.4 Å². The molecule has 1 saturated heterocycles. The Morgan fingerprint density at radius 2 is 1.45 bits per heavy atom. The molecule has 0 spiro atoms. The van der Waals surface area contributed by atoms with Crippen molar-refractivity contribution < 1.29 is 47.5 Å².